The Labute approximate surface area is 132 Å². The topological polar surface area (TPSA) is 71.5 Å². The maximum Gasteiger partial charge on any atom is 0.387 e. The van der Waals surface area contributed by atoms with Gasteiger partial charge in [-0.15, -0.1) is 0 Å². The molecule has 2 heterocycles. The molecule has 0 unspecified atom stereocenters. The molecule has 1 atom stereocenters. The van der Waals surface area contributed by atoms with Crippen molar-refractivity contribution in [2.24, 2.45) is 11.8 Å². The third-order valence-electron chi connectivity index (χ3n) is 5.07. The van der Waals surface area contributed by atoms with Crippen LogP contribution in [0.1, 0.15) is 32.1 Å². The van der Waals surface area contributed by atoms with E-state index < -0.39 is 6.61 Å². The number of nitrogens with one attached hydrogen (secondary N) is 2. The number of hydrogen-bond acceptors (Lipinski definition) is 7. The number of hydrazine groups is 2. The molecule has 1 aromatic rings. The van der Waals surface area contributed by atoms with Crippen molar-refractivity contribution >= 4 is 5.95 Å². The number of nitrogens with zero attached hydrogens (tertiary/aromatic N) is 3. The molecule has 3 saturated carbocycles. The molecule has 1 saturated heterocycles. The minimum absolute atomic E-state index is 0.0816. The summed E-state index contributed by atoms with van der Waals surface area (Å²) in [7, 11) is 0. The van der Waals surface area contributed by atoms with Crippen LogP contribution in [-0.4, -0.2) is 34.0 Å². The zero-order valence-corrected chi connectivity index (χ0v) is 12.5. The lowest BCUT2D eigenvalue weighted by Crippen LogP contribution is -2.50. The van der Waals surface area contributed by atoms with Crippen molar-refractivity contribution in [1.82, 2.24) is 20.7 Å². The quantitative estimate of drug-likeness (QED) is 0.877. The minimum atomic E-state index is -2.89. The van der Waals surface area contributed by atoms with Gasteiger partial charge in [-0.2, -0.15) is 8.78 Å². The van der Waals surface area contributed by atoms with Crippen LogP contribution in [0.15, 0.2) is 12.4 Å². The fourth-order valence-electron chi connectivity index (χ4n) is 4.02. The van der Waals surface area contributed by atoms with E-state index in [-0.39, 0.29) is 17.3 Å². The Morgan fingerprint density at radius 1 is 1.30 bits per heavy atom. The summed E-state index contributed by atoms with van der Waals surface area (Å²) in [5.41, 5.74) is 5.91. The first-order valence-electron chi connectivity index (χ1n) is 7.89. The Bertz CT molecular complexity index is 553. The van der Waals surface area contributed by atoms with Crippen molar-refractivity contribution in [2.45, 2.75) is 44.3 Å². The van der Waals surface area contributed by atoms with Crippen molar-refractivity contribution in [1.29, 1.82) is 0 Å². The van der Waals surface area contributed by atoms with Gasteiger partial charge >= 0.3 is 6.61 Å². The molecule has 1 aromatic heterocycles. The molecule has 2 N–H and O–H groups in total. The van der Waals surface area contributed by atoms with E-state index in [1.54, 1.807) is 0 Å². The number of rotatable bonds is 4. The lowest BCUT2D eigenvalue weighted by atomic mass is 9.62. The average Bonchev–Trinajstić information content (AvgIpc) is 2.92. The fraction of sp³-hybridized carbons (Fsp3) is 0.714. The van der Waals surface area contributed by atoms with Crippen molar-refractivity contribution in [2.75, 3.05) is 12.0 Å². The zero-order valence-electron chi connectivity index (χ0n) is 12.5. The SMILES string of the molecule is FC(F)Oc1cnc(NN2NC[C@]3(CC4CCC3CC4)O2)nc1. The molecule has 1 spiro atoms. The van der Waals surface area contributed by atoms with Crippen LogP contribution in [0.2, 0.25) is 0 Å². The van der Waals surface area contributed by atoms with Crippen molar-refractivity contribution < 1.29 is 18.4 Å². The van der Waals surface area contributed by atoms with Gasteiger partial charge in [0.2, 0.25) is 5.95 Å². The highest BCUT2D eigenvalue weighted by Crippen LogP contribution is 2.50. The van der Waals surface area contributed by atoms with Crippen LogP contribution in [0.25, 0.3) is 0 Å². The summed E-state index contributed by atoms with van der Waals surface area (Å²) in [5, 5.41) is 1.43. The van der Waals surface area contributed by atoms with E-state index in [2.05, 4.69) is 25.6 Å². The number of hydrogen-bond donors (Lipinski definition) is 2. The first kappa shape index (κ1) is 15.0. The predicted octanol–water partition coefficient (Wildman–Crippen LogP) is 2.11. The molecule has 1 aliphatic heterocycles. The van der Waals surface area contributed by atoms with E-state index in [4.69, 9.17) is 4.84 Å². The molecular formula is C14H19F2N5O2. The zero-order chi connectivity index (χ0) is 15.9. The Morgan fingerprint density at radius 2 is 2.04 bits per heavy atom. The summed E-state index contributed by atoms with van der Waals surface area (Å²) in [6, 6.07) is 0. The Morgan fingerprint density at radius 3 is 2.65 bits per heavy atom. The molecule has 23 heavy (non-hydrogen) atoms. The summed E-state index contributed by atoms with van der Waals surface area (Å²) < 4.78 is 28.4. The van der Waals surface area contributed by atoms with Gasteiger partial charge in [-0.05, 0) is 49.2 Å². The lowest BCUT2D eigenvalue weighted by molar-refractivity contribution is -0.235. The van der Waals surface area contributed by atoms with Crippen LogP contribution >= 0.6 is 0 Å². The normalized spacial score (nSPS) is 33.5. The van der Waals surface area contributed by atoms with E-state index in [1.165, 1.54) is 43.4 Å². The van der Waals surface area contributed by atoms with E-state index in [9.17, 15) is 8.78 Å². The smallest absolute Gasteiger partial charge is 0.387 e. The standard InChI is InChI=1S/C14H19F2N5O2/c15-12(16)22-11-6-17-13(18-7-11)20-21-19-8-14(23-21)5-9-1-3-10(14)4-2-9/h6-7,9-10,12,19H,1-5,8H2,(H,17,18,20)/t9?,10?,14-/m0/s1. The number of alkyl halides is 2. The van der Waals surface area contributed by atoms with Gasteiger partial charge in [-0.25, -0.2) is 20.8 Å². The van der Waals surface area contributed by atoms with Crippen LogP contribution < -0.4 is 15.6 Å². The molecule has 0 amide bonds. The molecule has 2 bridgehead atoms. The van der Waals surface area contributed by atoms with Gasteiger partial charge in [-0.3, -0.25) is 4.84 Å². The van der Waals surface area contributed by atoms with Gasteiger partial charge in [0.25, 0.3) is 0 Å². The van der Waals surface area contributed by atoms with Crippen LogP contribution in [0.3, 0.4) is 0 Å². The molecule has 3 aliphatic carbocycles. The van der Waals surface area contributed by atoms with Gasteiger partial charge in [0.1, 0.15) is 5.60 Å². The first-order chi connectivity index (χ1) is 11.1. The largest absolute Gasteiger partial charge is 0.432 e. The predicted molar refractivity (Wildman–Crippen MR) is 76.0 cm³/mol. The molecule has 126 valence electrons. The van der Waals surface area contributed by atoms with Gasteiger partial charge in [0.05, 0.1) is 12.4 Å². The lowest BCUT2D eigenvalue weighted by Gasteiger charge is -2.47. The molecule has 9 heteroatoms. The summed E-state index contributed by atoms with van der Waals surface area (Å²) in [5.74, 6) is 1.50. The Kier molecular flexibility index (Phi) is 3.78. The van der Waals surface area contributed by atoms with Gasteiger partial charge in [0, 0.05) is 6.54 Å². The summed E-state index contributed by atoms with van der Waals surface area (Å²) in [6.45, 7) is -2.13. The first-order valence-corrected chi connectivity index (χ1v) is 7.89. The molecule has 7 nitrogen and oxygen atoms in total. The maximum atomic E-state index is 12.1. The highest BCUT2D eigenvalue weighted by Gasteiger charge is 2.52. The highest BCUT2D eigenvalue weighted by atomic mass is 19.3. The molecule has 5 rings (SSSR count). The van der Waals surface area contributed by atoms with Crippen molar-refractivity contribution in [3.8, 4) is 5.75 Å². The molecule has 4 aliphatic rings. The van der Waals surface area contributed by atoms with Gasteiger partial charge in [0.15, 0.2) is 5.75 Å². The number of halogens is 2. The number of aromatic nitrogens is 2. The molecule has 0 radical (unpaired) electrons. The second kappa shape index (κ2) is 5.81. The second-order valence-electron chi connectivity index (χ2n) is 6.44. The van der Waals surface area contributed by atoms with Crippen LogP contribution in [-0.2, 0) is 4.84 Å². The monoisotopic (exact) mass is 327 g/mol. The number of anilines is 1. The number of ether oxygens (including phenoxy) is 1. The summed E-state index contributed by atoms with van der Waals surface area (Å²) >= 11 is 0. The number of fused-ring (bicyclic) bond motifs is 2. The fourth-order valence-corrected chi connectivity index (χ4v) is 4.02. The maximum absolute atomic E-state index is 12.1. The molecular weight excluding hydrogens is 308 g/mol. The third kappa shape index (κ3) is 2.96. The average molecular weight is 327 g/mol. The van der Waals surface area contributed by atoms with Crippen LogP contribution in [0.4, 0.5) is 14.7 Å². The van der Waals surface area contributed by atoms with E-state index in [1.807, 2.05) is 0 Å². The Hall–Kier alpha value is -1.58. The van der Waals surface area contributed by atoms with Crippen LogP contribution in [0.5, 0.6) is 5.75 Å². The van der Waals surface area contributed by atoms with E-state index in [0.29, 0.717) is 5.92 Å². The van der Waals surface area contributed by atoms with Crippen molar-refractivity contribution in [3.63, 3.8) is 0 Å². The molecule has 0 aromatic carbocycles. The molecule has 4 fully saturated rings. The van der Waals surface area contributed by atoms with E-state index >= 15 is 0 Å². The van der Waals surface area contributed by atoms with Crippen LogP contribution in [0, 0.1) is 11.8 Å². The summed E-state index contributed by atoms with van der Waals surface area (Å²) in [6.07, 6.45) is 8.50. The van der Waals surface area contributed by atoms with Gasteiger partial charge in [-0.1, -0.05) is 0 Å². The Balaban J connectivity index is 1.37. The van der Waals surface area contributed by atoms with Crippen molar-refractivity contribution in [3.05, 3.63) is 12.4 Å². The second-order valence-corrected chi connectivity index (χ2v) is 6.44. The minimum Gasteiger partial charge on any atom is -0.432 e. The van der Waals surface area contributed by atoms with E-state index in [0.717, 1.165) is 18.9 Å². The third-order valence-corrected chi connectivity index (χ3v) is 5.07. The highest BCUT2D eigenvalue weighted by molar-refractivity contribution is 5.25. The van der Waals surface area contributed by atoms with Gasteiger partial charge < -0.3 is 4.74 Å². The summed E-state index contributed by atoms with van der Waals surface area (Å²) in [4.78, 5) is 14.0.